The lowest BCUT2D eigenvalue weighted by Crippen LogP contribution is -2.46. The number of carbonyl (C=O) groups is 1. The molecule has 1 aliphatic rings. The Morgan fingerprint density at radius 1 is 0.971 bits per heavy atom. The zero-order chi connectivity index (χ0) is 24.5. The molecule has 0 atom stereocenters. The van der Waals surface area contributed by atoms with Crippen LogP contribution in [0, 0.1) is 27.7 Å². The minimum Gasteiger partial charge on any atom is -0.370 e. The fourth-order valence-corrected chi connectivity index (χ4v) is 4.88. The molecule has 1 saturated heterocycles. The zero-order valence-electron chi connectivity index (χ0n) is 20.4. The Morgan fingerprint density at radius 2 is 1.53 bits per heavy atom. The van der Waals surface area contributed by atoms with Crippen molar-refractivity contribution in [2.45, 2.75) is 46.2 Å². The van der Waals surface area contributed by atoms with E-state index in [1.54, 1.807) is 12.4 Å². The molecule has 3 aromatic rings. The van der Waals surface area contributed by atoms with Gasteiger partial charge in [-0.2, -0.15) is 0 Å². The van der Waals surface area contributed by atoms with E-state index in [-0.39, 0.29) is 12.5 Å². The average Bonchev–Trinajstić information content (AvgIpc) is 2.78. The molecule has 0 bridgehead atoms. The topological polar surface area (TPSA) is 71.2 Å². The van der Waals surface area contributed by atoms with Crippen LogP contribution in [-0.4, -0.2) is 36.2 Å². The third kappa shape index (κ3) is 5.12. The number of rotatable bonds is 5. The van der Waals surface area contributed by atoms with Crippen LogP contribution < -0.4 is 16.0 Å². The Bertz CT molecular complexity index is 1170. The molecule has 0 spiro atoms. The number of amides is 1. The number of aromatic nitrogens is 1. The smallest absolute Gasteiger partial charge is 0.259 e. The van der Waals surface area contributed by atoms with E-state index in [0.717, 1.165) is 44.8 Å². The zero-order valence-corrected chi connectivity index (χ0v) is 20.4. The van der Waals surface area contributed by atoms with Gasteiger partial charge in [0.25, 0.3) is 5.91 Å². The van der Waals surface area contributed by atoms with Gasteiger partial charge in [0.05, 0.1) is 11.3 Å². The third-order valence-electron chi connectivity index (χ3n) is 6.52. The summed E-state index contributed by atoms with van der Waals surface area (Å²) < 4.78 is 14.9. The Labute approximate surface area is 201 Å². The fraction of sp³-hybridized carbons (Fsp3) is 0.357. The molecule has 1 amide bonds. The summed E-state index contributed by atoms with van der Waals surface area (Å²) in [5.41, 5.74) is 12.7. The van der Waals surface area contributed by atoms with Gasteiger partial charge in [0, 0.05) is 56.1 Å². The molecule has 1 fully saturated rings. The number of nitrogens with one attached hydrogen (secondary N) is 1. The second kappa shape index (κ2) is 9.55. The molecular formula is C28H33FN4O. The third-order valence-corrected chi connectivity index (χ3v) is 6.52. The molecule has 0 saturated carbocycles. The lowest BCUT2D eigenvalue weighted by Gasteiger charge is -2.38. The number of pyridine rings is 1. The molecule has 0 aliphatic carbocycles. The molecule has 34 heavy (non-hydrogen) atoms. The van der Waals surface area contributed by atoms with Gasteiger partial charge in [0.15, 0.2) is 0 Å². The number of nitrogens with two attached hydrogens (primary N) is 1. The van der Waals surface area contributed by atoms with Crippen LogP contribution in [0.2, 0.25) is 0 Å². The van der Waals surface area contributed by atoms with Crippen molar-refractivity contribution in [3.8, 4) is 11.1 Å². The summed E-state index contributed by atoms with van der Waals surface area (Å²) in [5, 5.41) is 3.05. The Hall–Kier alpha value is -3.25. The van der Waals surface area contributed by atoms with Crippen molar-refractivity contribution in [1.82, 2.24) is 4.98 Å². The van der Waals surface area contributed by atoms with Gasteiger partial charge in [-0.3, -0.25) is 9.78 Å². The summed E-state index contributed by atoms with van der Waals surface area (Å²) in [5.74, 6) is -0.227. The number of hydrogen-bond donors (Lipinski definition) is 2. The van der Waals surface area contributed by atoms with Crippen LogP contribution in [0.5, 0.6) is 0 Å². The number of alkyl halides is 1. The summed E-state index contributed by atoms with van der Waals surface area (Å²) in [6.07, 6.45) is 4.07. The largest absolute Gasteiger partial charge is 0.370 e. The highest BCUT2D eigenvalue weighted by Crippen LogP contribution is 2.38. The molecule has 2 heterocycles. The van der Waals surface area contributed by atoms with E-state index in [9.17, 15) is 9.18 Å². The summed E-state index contributed by atoms with van der Waals surface area (Å²) in [6.45, 7) is 9.11. The fourth-order valence-electron chi connectivity index (χ4n) is 4.88. The van der Waals surface area contributed by atoms with E-state index in [0.29, 0.717) is 31.5 Å². The van der Waals surface area contributed by atoms with Gasteiger partial charge >= 0.3 is 0 Å². The van der Waals surface area contributed by atoms with Crippen molar-refractivity contribution < 1.29 is 9.18 Å². The van der Waals surface area contributed by atoms with E-state index in [4.69, 9.17) is 5.73 Å². The highest BCUT2D eigenvalue weighted by Gasteiger charge is 2.35. The first-order valence-corrected chi connectivity index (χ1v) is 11.8. The van der Waals surface area contributed by atoms with Gasteiger partial charge in [-0.15, -0.1) is 0 Å². The molecule has 4 rings (SSSR count). The molecule has 2 aromatic carbocycles. The molecule has 1 aliphatic heterocycles. The number of benzene rings is 2. The Balaban J connectivity index is 1.79. The number of nitrogens with zero attached hydrogens (tertiary/aromatic N) is 2. The van der Waals surface area contributed by atoms with Crippen molar-refractivity contribution in [1.29, 1.82) is 0 Å². The standard InChI is InChI=1S/C28H33FN4O/c1-18-9-19(2)12-22(11-18)24-15-31-16-25(26(24)33-7-5-28(29,17-30)6-8-33)27(34)32-23-13-20(3)10-21(4)14-23/h9-16H,5-8,17,30H2,1-4H3,(H,32,34). The Morgan fingerprint density at radius 3 is 2.09 bits per heavy atom. The molecule has 0 radical (unpaired) electrons. The maximum atomic E-state index is 14.9. The van der Waals surface area contributed by atoms with Gasteiger partial charge in [0.2, 0.25) is 0 Å². The maximum absolute atomic E-state index is 14.9. The monoisotopic (exact) mass is 460 g/mol. The molecule has 1 aromatic heterocycles. The minimum absolute atomic E-state index is 0.0150. The van der Waals surface area contributed by atoms with Crippen LogP contribution in [0.3, 0.4) is 0 Å². The number of carbonyl (C=O) groups excluding carboxylic acids is 1. The lowest BCUT2D eigenvalue weighted by molar-refractivity contribution is 0.102. The number of hydrogen-bond acceptors (Lipinski definition) is 4. The first-order chi connectivity index (χ1) is 16.2. The first-order valence-electron chi connectivity index (χ1n) is 11.8. The van der Waals surface area contributed by atoms with Gasteiger partial charge < -0.3 is 16.0 Å². The molecule has 3 N–H and O–H groups in total. The summed E-state index contributed by atoms with van der Waals surface area (Å²) >= 11 is 0. The molecule has 178 valence electrons. The molecule has 6 heteroatoms. The van der Waals surface area contributed by atoms with Crippen LogP contribution in [0.15, 0.2) is 48.8 Å². The predicted octanol–water partition coefficient (Wildman–Crippen LogP) is 5.50. The summed E-state index contributed by atoms with van der Waals surface area (Å²) in [4.78, 5) is 20.1. The van der Waals surface area contributed by atoms with E-state index in [1.165, 1.54) is 0 Å². The van der Waals surface area contributed by atoms with Crippen LogP contribution >= 0.6 is 0 Å². The predicted molar refractivity (Wildman–Crippen MR) is 137 cm³/mol. The van der Waals surface area contributed by atoms with Crippen molar-refractivity contribution in [2.75, 3.05) is 29.9 Å². The second-order valence-electron chi connectivity index (χ2n) is 9.63. The summed E-state index contributed by atoms with van der Waals surface area (Å²) in [6, 6.07) is 12.3. The number of piperidine rings is 1. The maximum Gasteiger partial charge on any atom is 0.259 e. The van der Waals surface area contributed by atoms with Gasteiger partial charge in [-0.05, 0) is 56.5 Å². The molecule has 5 nitrogen and oxygen atoms in total. The van der Waals surface area contributed by atoms with Crippen molar-refractivity contribution in [3.05, 3.63) is 76.6 Å². The number of anilines is 2. The van der Waals surface area contributed by atoms with Crippen LogP contribution in [0.4, 0.5) is 15.8 Å². The number of halogens is 1. The normalized spacial score (nSPS) is 15.3. The average molecular weight is 461 g/mol. The minimum atomic E-state index is -1.36. The van der Waals surface area contributed by atoms with Gasteiger partial charge in [0.1, 0.15) is 5.67 Å². The first kappa shape index (κ1) is 23.9. The van der Waals surface area contributed by atoms with Crippen molar-refractivity contribution in [3.63, 3.8) is 0 Å². The van der Waals surface area contributed by atoms with E-state index in [1.807, 2.05) is 26.0 Å². The molecule has 0 unspecified atom stereocenters. The van der Waals surface area contributed by atoms with E-state index in [2.05, 4.69) is 53.3 Å². The van der Waals surface area contributed by atoms with Crippen molar-refractivity contribution in [2.24, 2.45) is 5.73 Å². The van der Waals surface area contributed by atoms with E-state index >= 15 is 0 Å². The second-order valence-corrected chi connectivity index (χ2v) is 9.63. The van der Waals surface area contributed by atoms with Gasteiger partial charge in [-0.25, -0.2) is 4.39 Å². The highest BCUT2D eigenvalue weighted by atomic mass is 19.1. The quantitative estimate of drug-likeness (QED) is 0.527. The van der Waals surface area contributed by atoms with Crippen molar-refractivity contribution >= 4 is 17.3 Å². The summed E-state index contributed by atoms with van der Waals surface area (Å²) in [7, 11) is 0. The molecular weight excluding hydrogens is 427 g/mol. The number of aryl methyl sites for hydroxylation is 4. The van der Waals surface area contributed by atoms with Crippen LogP contribution in [0.1, 0.15) is 45.5 Å². The van der Waals surface area contributed by atoms with Gasteiger partial charge in [-0.1, -0.05) is 35.4 Å². The van der Waals surface area contributed by atoms with Crippen LogP contribution in [0.25, 0.3) is 11.1 Å². The van der Waals surface area contributed by atoms with E-state index < -0.39 is 5.67 Å². The van der Waals surface area contributed by atoms with Crippen LogP contribution in [-0.2, 0) is 0 Å². The highest BCUT2D eigenvalue weighted by molar-refractivity contribution is 6.10. The lowest BCUT2D eigenvalue weighted by atomic mass is 9.91. The SMILES string of the molecule is Cc1cc(C)cc(NC(=O)c2cncc(-c3cc(C)cc(C)c3)c2N2CCC(F)(CN)CC2)c1. The Kier molecular flexibility index (Phi) is 6.71.